The summed E-state index contributed by atoms with van der Waals surface area (Å²) in [6.07, 6.45) is 2.63. The van der Waals surface area contributed by atoms with Crippen molar-refractivity contribution in [3.05, 3.63) is 70.7 Å². The second-order valence-corrected chi connectivity index (χ2v) is 6.67. The number of nitrogens with one attached hydrogen (secondary N) is 1. The van der Waals surface area contributed by atoms with Gasteiger partial charge in [-0.2, -0.15) is 0 Å². The monoisotopic (exact) mass is 343 g/mol. The predicted octanol–water partition coefficient (Wildman–Crippen LogP) is 4.09. The molecule has 0 heterocycles. The van der Waals surface area contributed by atoms with E-state index in [0.717, 1.165) is 24.8 Å². The third-order valence-corrected chi connectivity index (χ3v) is 4.70. The molecule has 2 aromatic rings. The maximum absolute atomic E-state index is 12.5. The summed E-state index contributed by atoms with van der Waals surface area (Å²) >= 11 is 5.92. The molecular weight excluding hydrogens is 322 g/mol. The van der Waals surface area contributed by atoms with Crippen LogP contribution in [0.5, 0.6) is 0 Å². The van der Waals surface area contributed by atoms with Crippen LogP contribution in [0.2, 0.25) is 5.02 Å². The summed E-state index contributed by atoms with van der Waals surface area (Å²) in [6.45, 7) is 1.90. The number of benzene rings is 2. The molecule has 1 aliphatic rings. The van der Waals surface area contributed by atoms with Gasteiger partial charge in [0, 0.05) is 18.2 Å². The van der Waals surface area contributed by atoms with Gasteiger partial charge in [-0.05, 0) is 42.5 Å². The zero-order valence-corrected chi connectivity index (χ0v) is 14.4. The maximum Gasteiger partial charge on any atom is 0.230 e. The first kappa shape index (κ1) is 17.0. The van der Waals surface area contributed by atoms with Crippen molar-refractivity contribution in [2.75, 3.05) is 13.2 Å². The Morgan fingerprint density at radius 2 is 1.79 bits per heavy atom. The van der Waals surface area contributed by atoms with Crippen molar-refractivity contribution < 1.29 is 9.53 Å². The van der Waals surface area contributed by atoms with E-state index in [1.165, 1.54) is 5.56 Å². The molecule has 0 spiro atoms. The topological polar surface area (TPSA) is 38.3 Å². The number of carbonyl (C=O) groups is 1. The molecule has 0 bridgehead atoms. The van der Waals surface area contributed by atoms with E-state index in [0.29, 0.717) is 24.8 Å². The largest absolute Gasteiger partial charge is 0.377 e. The smallest absolute Gasteiger partial charge is 0.230 e. The first-order valence-corrected chi connectivity index (χ1v) is 8.74. The van der Waals surface area contributed by atoms with Crippen LogP contribution in [-0.2, 0) is 21.6 Å². The van der Waals surface area contributed by atoms with Crippen LogP contribution in [0.25, 0.3) is 0 Å². The Balaban J connectivity index is 1.37. The molecule has 0 aromatic heterocycles. The van der Waals surface area contributed by atoms with Gasteiger partial charge in [-0.1, -0.05) is 54.1 Å². The Hall–Kier alpha value is -1.84. The van der Waals surface area contributed by atoms with Crippen molar-refractivity contribution in [3.63, 3.8) is 0 Å². The maximum atomic E-state index is 12.5. The first-order chi connectivity index (χ1) is 11.7. The van der Waals surface area contributed by atoms with Gasteiger partial charge >= 0.3 is 0 Å². The van der Waals surface area contributed by atoms with Crippen LogP contribution >= 0.6 is 11.6 Å². The normalized spacial score (nSPS) is 15.0. The van der Waals surface area contributed by atoms with Gasteiger partial charge < -0.3 is 10.1 Å². The second-order valence-electron chi connectivity index (χ2n) is 6.24. The van der Waals surface area contributed by atoms with Gasteiger partial charge in [0.25, 0.3) is 0 Å². The Morgan fingerprint density at radius 3 is 2.46 bits per heavy atom. The standard InChI is InChI=1S/C20H22ClNO2/c21-18-9-7-17(8-10-18)20(11-12-20)19(23)22-13-4-14-24-15-16-5-2-1-3-6-16/h1-3,5-10H,4,11-15H2,(H,22,23). The fourth-order valence-corrected chi connectivity index (χ4v) is 2.98. The average molecular weight is 344 g/mol. The quantitative estimate of drug-likeness (QED) is 0.733. The SMILES string of the molecule is O=C(NCCCOCc1ccccc1)C1(c2ccc(Cl)cc2)CC1. The van der Waals surface area contributed by atoms with Crippen molar-refractivity contribution in [2.45, 2.75) is 31.3 Å². The number of ether oxygens (including phenoxy) is 1. The fourth-order valence-electron chi connectivity index (χ4n) is 2.85. The first-order valence-electron chi connectivity index (χ1n) is 8.37. The molecule has 24 heavy (non-hydrogen) atoms. The van der Waals surface area contributed by atoms with E-state index < -0.39 is 0 Å². The van der Waals surface area contributed by atoms with Gasteiger partial charge in [-0.3, -0.25) is 4.79 Å². The summed E-state index contributed by atoms with van der Waals surface area (Å²) in [5, 5.41) is 3.74. The van der Waals surface area contributed by atoms with Crippen LogP contribution in [0, 0.1) is 0 Å². The van der Waals surface area contributed by atoms with Gasteiger partial charge in [0.1, 0.15) is 0 Å². The number of amides is 1. The minimum Gasteiger partial charge on any atom is -0.377 e. The lowest BCUT2D eigenvalue weighted by Crippen LogP contribution is -2.35. The van der Waals surface area contributed by atoms with Crippen molar-refractivity contribution >= 4 is 17.5 Å². The average Bonchev–Trinajstić information content (AvgIpc) is 3.41. The number of hydrogen-bond acceptors (Lipinski definition) is 2. The molecule has 1 N–H and O–H groups in total. The molecule has 1 saturated carbocycles. The molecule has 1 aliphatic carbocycles. The van der Waals surface area contributed by atoms with Crippen molar-refractivity contribution in [3.8, 4) is 0 Å². The van der Waals surface area contributed by atoms with E-state index in [1.807, 2.05) is 54.6 Å². The molecule has 0 atom stereocenters. The molecular formula is C20H22ClNO2. The van der Waals surface area contributed by atoms with Crippen LogP contribution in [0.4, 0.5) is 0 Å². The number of rotatable bonds is 8. The van der Waals surface area contributed by atoms with Gasteiger partial charge in [0.05, 0.1) is 12.0 Å². The Kier molecular flexibility index (Phi) is 5.54. The lowest BCUT2D eigenvalue weighted by molar-refractivity contribution is -0.123. The van der Waals surface area contributed by atoms with E-state index in [-0.39, 0.29) is 11.3 Å². The van der Waals surface area contributed by atoms with Crippen molar-refractivity contribution in [2.24, 2.45) is 0 Å². The summed E-state index contributed by atoms with van der Waals surface area (Å²) in [7, 11) is 0. The highest BCUT2D eigenvalue weighted by Crippen LogP contribution is 2.48. The minimum atomic E-state index is -0.338. The van der Waals surface area contributed by atoms with Crippen LogP contribution in [0.3, 0.4) is 0 Å². The number of hydrogen-bond donors (Lipinski definition) is 1. The fraction of sp³-hybridized carbons (Fsp3) is 0.350. The Morgan fingerprint density at radius 1 is 1.08 bits per heavy atom. The molecule has 126 valence electrons. The van der Waals surface area contributed by atoms with Crippen LogP contribution in [0.1, 0.15) is 30.4 Å². The molecule has 0 radical (unpaired) electrons. The highest BCUT2D eigenvalue weighted by atomic mass is 35.5. The molecule has 3 nitrogen and oxygen atoms in total. The molecule has 4 heteroatoms. The highest BCUT2D eigenvalue weighted by molar-refractivity contribution is 6.30. The van der Waals surface area contributed by atoms with Gasteiger partial charge in [-0.25, -0.2) is 0 Å². The zero-order valence-electron chi connectivity index (χ0n) is 13.6. The third-order valence-electron chi connectivity index (χ3n) is 4.44. The molecule has 0 saturated heterocycles. The highest BCUT2D eigenvalue weighted by Gasteiger charge is 2.50. The second kappa shape index (κ2) is 7.82. The summed E-state index contributed by atoms with van der Waals surface area (Å²) in [6, 6.07) is 17.7. The third kappa shape index (κ3) is 4.16. The Labute approximate surface area is 148 Å². The predicted molar refractivity (Wildman–Crippen MR) is 96.1 cm³/mol. The van der Waals surface area contributed by atoms with Crippen molar-refractivity contribution in [1.82, 2.24) is 5.32 Å². The van der Waals surface area contributed by atoms with Gasteiger partial charge in [0.2, 0.25) is 5.91 Å². The molecule has 1 amide bonds. The van der Waals surface area contributed by atoms with E-state index in [2.05, 4.69) is 5.32 Å². The summed E-state index contributed by atoms with van der Waals surface area (Å²) in [4.78, 5) is 12.5. The summed E-state index contributed by atoms with van der Waals surface area (Å²) in [5.74, 6) is 0.118. The van der Waals surface area contributed by atoms with Gasteiger partial charge in [0.15, 0.2) is 0 Å². The van der Waals surface area contributed by atoms with Crippen LogP contribution in [-0.4, -0.2) is 19.1 Å². The van der Waals surface area contributed by atoms with Gasteiger partial charge in [-0.15, -0.1) is 0 Å². The molecule has 0 aliphatic heterocycles. The van der Waals surface area contributed by atoms with E-state index in [1.54, 1.807) is 0 Å². The molecule has 1 fully saturated rings. The Bertz CT molecular complexity index is 666. The van der Waals surface area contributed by atoms with E-state index in [9.17, 15) is 4.79 Å². The lowest BCUT2D eigenvalue weighted by Gasteiger charge is -2.16. The van der Waals surface area contributed by atoms with Crippen LogP contribution in [0.15, 0.2) is 54.6 Å². The van der Waals surface area contributed by atoms with E-state index in [4.69, 9.17) is 16.3 Å². The van der Waals surface area contributed by atoms with E-state index >= 15 is 0 Å². The molecule has 3 rings (SSSR count). The number of carbonyl (C=O) groups excluding carboxylic acids is 1. The van der Waals surface area contributed by atoms with Crippen molar-refractivity contribution in [1.29, 1.82) is 0 Å². The molecule has 2 aromatic carbocycles. The lowest BCUT2D eigenvalue weighted by atomic mass is 9.95. The van der Waals surface area contributed by atoms with Crippen LogP contribution < -0.4 is 5.32 Å². The summed E-state index contributed by atoms with van der Waals surface area (Å²) < 4.78 is 5.63. The summed E-state index contributed by atoms with van der Waals surface area (Å²) in [5.41, 5.74) is 1.89. The molecule has 0 unspecified atom stereocenters. The number of halogens is 1. The minimum absolute atomic E-state index is 0.118. The zero-order chi connectivity index (χ0) is 16.8.